The summed E-state index contributed by atoms with van der Waals surface area (Å²) in [6.45, 7) is 4.07. The number of hydrogen-bond donors (Lipinski definition) is 0. The molecule has 1 aliphatic rings. The summed E-state index contributed by atoms with van der Waals surface area (Å²) in [4.78, 5) is 11.7. The van der Waals surface area contributed by atoms with Crippen molar-refractivity contribution in [1.82, 2.24) is 9.97 Å². The van der Waals surface area contributed by atoms with E-state index in [1.165, 1.54) is 12.8 Å². The van der Waals surface area contributed by atoms with Crippen LogP contribution in [0, 0.1) is 6.92 Å². The fraction of sp³-hybridized carbons (Fsp3) is 0.600. The number of anilines is 1. The third-order valence-electron chi connectivity index (χ3n) is 2.61. The Balaban J connectivity index is 2.12. The van der Waals surface area contributed by atoms with Crippen molar-refractivity contribution in [2.45, 2.75) is 24.6 Å². The fourth-order valence-electron chi connectivity index (χ4n) is 1.64. The van der Waals surface area contributed by atoms with Crippen molar-refractivity contribution in [2.24, 2.45) is 0 Å². The quantitative estimate of drug-likeness (QED) is 0.739. The lowest BCUT2D eigenvalue weighted by Gasteiger charge is -2.29. The molecule has 15 heavy (non-hydrogen) atoms. The number of rotatable bonds is 1. The Kier molecular flexibility index (Phi) is 3.61. The van der Waals surface area contributed by atoms with Crippen molar-refractivity contribution >= 4 is 37.8 Å². The molecule has 0 bridgehead atoms. The summed E-state index contributed by atoms with van der Waals surface area (Å²) >= 11 is 7.05. The van der Waals surface area contributed by atoms with Crippen LogP contribution in [0.2, 0.25) is 0 Å². The molecule has 1 aromatic rings. The number of aromatic nitrogens is 2. The van der Waals surface area contributed by atoms with Crippen molar-refractivity contribution in [1.29, 1.82) is 0 Å². The molecule has 0 unspecified atom stereocenters. The summed E-state index contributed by atoms with van der Waals surface area (Å²) < 4.78 is 0.974. The van der Waals surface area contributed by atoms with Gasteiger partial charge in [-0.05, 0) is 35.7 Å². The maximum absolute atomic E-state index is 4.47. The molecule has 3 nitrogen and oxygen atoms in total. The molecule has 1 aliphatic heterocycles. The maximum atomic E-state index is 4.47. The van der Waals surface area contributed by atoms with Gasteiger partial charge in [-0.1, -0.05) is 15.9 Å². The number of piperidine rings is 1. The van der Waals surface area contributed by atoms with Crippen LogP contribution in [-0.4, -0.2) is 27.9 Å². The Morgan fingerprint density at radius 3 is 2.67 bits per heavy atom. The third kappa shape index (κ3) is 2.69. The minimum atomic E-state index is 0.658. The molecular formula is C10H13Br2N3. The molecule has 82 valence electrons. The zero-order valence-electron chi connectivity index (χ0n) is 8.58. The first kappa shape index (κ1) is 11.3. The average molecular weight is 335 g/mol. The average Bonchev–Trinajstić information content (AvgIpc) is 2.23. The van der Waals surface area contributed by atoms with Gasteiger partial charge < -0.3 is 4.90 Å². The van der Waals surface area contributed by atoms with Crippen LogP contribution < -0.4 is 4.90 Å². The molecule has 0 amide bonds. The topological polar surface area (TPSA) is 29.0 Å². The number of aryl methyl sites for hydroxylation is 1. The third-order valence-corrected chi connectivity index (χ3v) is 4.31. The first-order valence-electron chi connectivity index (χ1n) is 5.05. The van der Waals surface area contributed by atoms with Crippen LogP contribution in [0.15, 0.2) is 10.7 Å². The zero-order valence-corrected chi connectivity index (χ0v) is 11.8. The summed E-state index contributed by atoms with van der Waals surface area (Å²) in [6, 6.07) is 0. The second kappa shape index (κ2) is 4.78. The summed E-state index contributed by atoms with van der Waals surface area (Å²) in [7, 11) is 0. The second-order valence-corrected chi connectivity index (χ2v) is 5.91. The van der Waals surface area contributed by atoms with Crippen LogP contribution in [0.3, 0.4) is 0 Å². The standard InChI is InChI=1S/C10H13Br2N3/c1-7-9(12)6-13-10(14-7)15-4-2-8(11)3-5-15/h6,8H,2-5H2,1H3. The van der Waals surface area contributed by atoms with Gasteiger partial charge in [0.05, 0.1) is 10.2 Å². The lowest BCUT2D eigenvalue weighted by molar-refractivity contribution is 0.586. The van der Waals surface area contributed by atoms with Gasteiger partial charge in [0.15, 0.2) is 0 Å². The van der Waals surface area contributed by atoms with Crippen LogP contribution in [0.5, 0.6) is 0 Å². The van der Waals surface area contributed by atoms with Gasteiger partial charge in [-0.25, -0.2) is 9.97 Å². The monoisotopic (exact) mass is 333 g/mol. The highest BCUT2D eigenvalue weighted by Crippen LogP contribution is 2.22. The van der Waals surface area contributed by atoms with E-state index < -0.39 is 0 Å². The highest BCUT2D eigenvalue weighted by atomic mass is 79.9. The molecule has 0 atom stereocenters. The van der Waals surface area contributed by atoms with E-state index >= 15 is 0 Å². The predicted octanol–water partition coefficient (Wildman–Crippen LogP) is 2.91. The van der Waals surface area contributed by atoms with E-state index in [2.05, 4.69) is 46.7 Å². The largest absolute Gasteiger partial charge is 0.341 e. The molecule has 0 radical (unpaired) electrons. The molecular weight excluding hydrogens is 322 g/mol. The second-order valence-electron chi connectivity index (χ2n) is 3.77. The van der Waals surface area contributed by atoms with E-state index in [4.69, 9.17) is 0 Å². The van der Waals surface area contributed by atoms with E-state index in [1.54, 1.807) is 0 Å². The van der Waals surface area contributed by atoms with E-state index in [0.29, 0.717) is 4.83 Å². The number of nitrogens with zero attached hydrogens (tertiary/aromatic N) is 3. The molecule has 0 N–H and O–H groups in total. The van der Waals surface area contributed by atoms with Gasteiger partial charge in [-0.3, -0.25) is 0 Å². The molecule has 0 aliphatic carbocycles. The highest BCUT2D eigenvalue weighted by molar-refractivity contribution is 9.10. The fourth-order valence-corrected chi connectivity index (χ4v) is 2.24. The smallest absolute Gasteiger partial charge is 0.225 e. The van der Waals surface area contributed by atoms with Crippen molar-refractivity contribution in [3.05, 3.63) is 16.4 Å². The van der Waals surface area contributed by atoms with Crippen LogP contribution in [0.25, 0.3) is 0 Å². The highest BCUT2D eigenvalue weighted by Gasteiger charge is 2.19. The summed E-state index contributed by atoms with van der Waals surface area (Å²) in [5.74, 6) is 0.857. The Bertz CT molecular complexity index is 349. The SMILES string of the molecule is Cc1nc(N2CCC(Br)CC2)ncc1Br. The molecule has 1 fully saturated rings. The molecule has 0 saturated carbocycles. The first-order valence-corrected chi connectivity index (χ1v) is 6.76. The molecule has 0 aromatic carbocycles. The van der Waals surface area contributed by atoms with Crippen LogP contribution in [0.1, 0.15) is 18.5 Å². The minimum absolute atomic E-state index is 0.658. The van der Waals surface area contributed by atoms with Crippen molar-refractivity contribution < 1.29 is 0 Å². The molecule has 5 heteroatoms. The van der Waals surface area contributed by atoms with E-state index in [9.17, 15) is 0 Å². The van der Waals surface area contributed by atoms with E-state index in [1.807, 2.05) is 13.1 Å². The van der Waals surface area contributed by atoms with Gasteiger partial charge in [0.1, 0.15) is 0 Å². The van der Waals surface area contributed by atoms with Gasteiger partial charge >= 0.3 is 0 Å². The van der Waals surface area contributed by atoms with Crippen LogP contribution >= 0.6 is 31.9 Å². The van der Waals surface area contributed by atoms with E-state index in [-0.39, 0.29) is 0 Å². The maximum Gasteiger partial charge on any atom is 0.225 e. The number of alkyl halides is 1. The minimum Gasteiger partial charge on any atom is -0.341 e. The lowest BCUT2D eigenvalue weighted by Crippen LogP contribution is -2.35. The van der Waals surface area contributed by atoms with Gasteiger partial charge in [-0.2, -0.15) is 0 Å². The van der Waals surface area contributed by atoms with Crippen LogP contribution in [0.4, 0.5) is 5.95 Å². The van der Waals surface area contributed by atoms with Crippen molar-refractivity contribution in [3.8, 4) is 0 Å². The van der Waals surface area contributed by atoms with Gasteiger partial charge in [0, 0.05) is 24.1 Å². The molecule has 1 saturated heterocycles. The normalized spacial score (nSPS) is 18.2. The van der Waals surface area contributed by atoms with Gasteiger partial charge in [0.25, 0.3) is 0 Å². The van der Waals surface area contributed by atoms with Crippen LogP contribution in [-0.2, 0) is 0 Å². The van der Waals surface area contributed by atoms with Crippen molar-refractivity contribution in [2.75, 3.05) is 18.0 Å². The number of hydrogen-bond acceptors (Lipinski definition) is 3. The Hall–Kier alpha value is -0.160. The first-order chi connectivity index (χ1) is 7.16. The molecule has 2 heterocycles. The summed E-state index contributed by atoms with van der Waals surface area (Å²) in [6.07, 6.45) is 4.16. The number of halogens is 2. The summed E-state index contributed by atoms with van der Waals surface area (Å²) in [5.41, 5.74) is 1.00. The van der Waals surface area contributed by atoms with E-state index in [0.717, 1.165) is 29.2 Å². The molecule has 1 aromatic heterocycles. The molecule has 0 spiro atoms. The Labute approximate surface area is 107 Å². The van der Waals surface area contributed by atoms with Crippen molar-refractivity contribution in [3.63, 3.8) is 0 Å². The predicted molar refractivity (Wildman–Crippen MR) is 68.6 cm³/mol. The van der Waals surface area contributed by atoms with Gasteiger partial charge in [0.2, 0.25) is 5.95 Å². The summed E-state index contributed by atoms with van der Waals surface area (Å²) in [5, 5.41) is 0. The lowest BCUT2D eigenvalue weighted by atomic mass is 10.1. The zero-order chi connectivity index (χ0) is 10.8. The Morgan fingerprint density at radius 1 is 1.40 bits per heavy atom. The Morgan fingerprint density at radius 2 is 2.07 bits per heavy atom. The molecule has 2 rings (SSSR count). The van der Waals surface area contributed by atoms with Gasteiger partial charge in [-0.15, -0.1) is 0 Å².